The first-order valence-electron chi connectivity index (χ1n) is 13.9. The lowest BCUT2D eigenvalue weighted by Gasteiger charge is -2.26. The molecule has 44 heavy (non-hydrogen) atoms. The number of rotatable bonds is 9. The lowest BCUT2D eigenvalue weighted by atomic mass is 9.95. The molecule has 2 heterocycles. The van der Waals surface area contributed by atoms with E-state index < -0.39 is 12.0 Å². The fourth-order valence-electron chi connectivity index (χ4n) is 4.87. The van der Waals surface area contributed by atoms with Gasteiger partial charge in [-0.3, -0.25) is 9.36 Å². The van der Waals surface area contributed by atoms with Gasteiger partial charge in [-0.25, -0.2) is 9.79 Å². The van der Waals surface area contributed by atoms with Crippen LogP contribution in [0.15, 0.2) is 86.2 Å². The first-order valence-corrected chi connectivity index (χ1v) is 17.0. The molecule has 5 rings (SSSR count). The van der Waals surface area contributed by atoms with E-state index >= 15 is 0 Å². The highest BCUT2D eigenvalue weighted by Crippen LogP contribution is 2.36. The Bertz CT molecular complexity index is 1930. The predicted octanol–water partition coefficient (Wildman–Crippen LogP) is 7.19. The number of thiazole rings is 1. The molecule has 0 fully saturated rings. The molecule has 0 saturated carbocycles. The summed E-state index contributed by atoms with van der Waals surface area (Å²) < 4.78 is 21.6. The van der Waals surface area contributed by atoms with Gasteiger partial charge in [-0.15, -0.1) is 0 Å². The number of hydrogen-bond donors (Lipinski definition) is 0. The number of fused-ring (bicyclic) bond motifs is 1. The predicted molar refractivity (Wildman–Crippen MR) is 185 cm³/mol. The Morgan fingerprint density at radius 3 is 2.61 bits per heavy atom. The second-order valence-corrected chi connectivity index (χ2v) is 13.8. The van der Waals surface area contributed by atoms with Crippen LogP contribution in [0.3, 0.4) is 0 Å². The fourth-order valence-corrected chi connectivity index (χ4v) is 7.39. The number of allylic oxidation sites excluding steroid dienone is 1. The molecule has 0 amide bonds. The molecule has 1 atom stereocenters. The van der Waals surface area contributed by atoms with Gasteiger partial charge in [0.1, 0.15) is 24.1 Å². The first-order chi connectivity index (χ1) is 21.1. The monoisotopic (exact) mass is 806 g/mol. The number of carbonyl (C=O) groups is 1. The quantitative estimate of drug-likeness (QED) is 0.132. The molecule has 0 spiro atoms. The van der Waals surface area contributed by atoms with E-state index in [1.54, 1.807) is 30.6 Å². The standard InChI is InChI=1S/C33H29BrClIN2O5S/c1-5-41-32(40)28-19(4)37-33-38(29(28)24-8-6-7-9-26(24)43-18(2)3)31(39)27(44-33)15-21-14-23(35)16-25(36)30(21)42-17-20-10-12-22(34)13-11-20/h6-16,18,29H,5,17H2,1-4H3/b27-15-/t29-/m0/s1. The Labute approximate surface area is 286 Å². The van der Waals surface area contributed by atoms with Crippen molar-refractivity contribution in [1.82, 2.24) is 4.57 Å². The van der Waals surface area contributed by atoms with E-state index in [4.69, 9.17) is 30.8 Å². The number of ether oxygens (including phenoxy) is 3. The number of esters is 1. The molecule has 0 radical (unpaired) electrons. The van der Waals surface area contributed by atoms with Crippen molar-refractivity contribution in [2.45, 2.75) is 46.4 Å². The third-order valence-electron chi connectivity index (χ3n) is 6.71. The van der Waals surface area contributed by atoms with Crippen LogP contribution in [0.5, 0.6) is 11.5 Å². The summed E-state index contributed by atoms with van der Waals surface area (Å²) in [6.07, 6.45) is 1.65. The molecule has 0 saturated heterocycles. The average Bonchev–Trinajstić information content (AvgIpc) is 3.26. The topological polar surface area (TPSA) is 79.1 Å². The zero-order valence-electron chi connectivity index (χ0n) is 24.4. The Morgan fingerprint density at radius 1 is 1.18 bits per heavy atom. The molecule has 4 aromatic rings. The van der Waals surface area contributed by atoms with Crippen LogP contribution in [-0.2, 0) is 16.1 Å². The molecule has 0 aliphatic carbocycles. The third-order valence-corrected chi connectivity index (χ3v) is 9.24. The molecule has 0 N–H and O–H groups in total. The van der Waals surface area contributed by atoms with E-state index in [0.717, 1.165) is 13.6 Å². The zero-order valence-corrected chi connectivity index (χ0v) is 29.7. The molecule has 228 valence electrons. The normalized spacial score (nSPS) is 14.8. The van der Waals surface area contributed by atoms with Gasteiger partial charge in [-0.1, -0.05) is 69.2 Å². The second kappa shape index (κ2) is 14.0. The van der Waals surface area contributed by atoms with E-state index in [-0.39, 0.29) is 18.3 Å². The summed E-state index contributed by atoms with van der Waals surface area (Å²) in [5.41, 5.74) is 2.79. The van der Waals surface area contributed by atoms with Gasteiger partial charge in [0.25, 0.3) is 5.56 Å². The minimum atomic E-state index is -0.796. The van der Waals surface area contributed by atoms with Gasteiger partial charge in [-0.2, -0.15) is 0 Å². The third kappa shape index (κ3) is 6.98. The number of halogens is 3. The summed E-state index contributed by atoms with van der Waals surface area (Å²) in [6, 6.07) is 18.1. The molecule has 0 bridgehead atoms. The van der Waals surface area contributed by atoms with Gasteiger partial charge in [-0.05, 0) is 92.3 Å². The van der Waals surface area contributed by atoms with Gasteiger partial charge in [0.15, 0.2) is 4.80 Å². The minimum absolute atomic E-state index is 0.121. The Morgan fingerprint density at radius 2 is 1.91 bits per heavy atom. The van der Waals surface area contributed by atoms with E-state index in [0.29, 0.717) is 54.9 Å². The maximum atomic E-state index is 14.2. The van der Waals surface area contributed by atoms with E-state index in [1.165, 1.54) is 11.3 Å². The van der Waals surface area contributed by atoms with Crippen molar-refractivity contribution in [3.05, 3.63) is 121 Å². The summed E-state index contributed by atoms with van der Waals surface area (Å²) in [5.74, 6) is 0.659. The summed E-state index contributed by atoms with van der Waals surface area (Å²) in [7, 11) is 0. The number of nitrogens with zero attached hydrogens (tertiary/aromatic N) is 2. The Kier molecular flexibility index (Phi) is 10.3. The zero-order chi connectivity index (χ0) is 31.5. The summed E-state index contributed by atoms with van der Waals surface area (Å²) in [4.78, 5) is 32.7. The van der Waals surface area contributed by atoms with Crippen LogP contribution in [0.2, 0.25) is 5.02 Å². The highest BCUT2D eigenvalue weighted by Gasteiger charge is 2.35. The number of aromatic nitrogens is 1. The largest absolute Gasteiger partial charge is 0.491 e. The van der Waals surface area contributed by atoms with Gasteiger partial charge >= 0.3 is 5.97 Å². The van der Waals surface area contributed by atoms with Crippen molar-refractivity contribution < 1.29 is 19.0 Å². The van der Waals surface area contributed by atoms with Gasteiger partial charge in [0, 0.05) is 20.6 Å². The van der Waals surface area contributed by atoms with Crippen LogP contribution in [0, 0.1) is 3.57 Å². The Balaban J connectivity index is 1.67. The first kappa shape index (κ1) is 32.5. The summed E-state index contributed by atoms with van der Waals surface area (Å²) in [5, 5.41) is 0.516. The molecular formula is C33H29BrClIN2O5S. The highest BCUT2D eigenvalue weighted by atomic mass is 127. The summed E-state index contributed by atoms with van der Waals surface area (Å²) >= 11 is 13.4. The van der Waals surface area contributed by atoms with Crippen LogP contribution in [0.25, 0.3) is 6.08 Å². The van der Waals surface area contributed by atoms with E-state index in [1.807, 2.05) is 68.4 Å². The van der Waals surface area contributed by atoms with Crippen molar-refractivity contribution in [3.8, 4) is 11.5 Å². The molecular weight excluding hydrogens is 779 g/mol. The van der Waals surface area contributed by atoms with Crippen LogP contribution < -0.4 is 24.4 Å². The molecule has 1 aliphatic rings. The molecule has 7 nitrogen and oxygen atoms in total. The van der Waals surface area contributed by atoms with Gasteiger partial charge in [0.05, 0.1) is 32.1 Å². The van der Waals surface area contributed by atoms with Gasteiger partial charge < -0.3 is 14.2 Å². The van der Waals surface area contributed by atoms with Gasteiger partial charge in [0.2, 0.25) is 0 Å². The highest BCUT2D eigenvalue weighted by molar-refractivity contribution is 14.1. The number of benzene rings is 3. The number of hydrogen-bond acceptors (Lipinski definition) is 7. The SMILES string of the molecule is CCOC(=O)C1=C(C)N=c2s/c(=C\c3cc(Cl)cc(I)c3OCc3ccc(Br)cc3)c(=O)n2[C@H]1c1ccccc1OC(C)C. The maximum Gasteiger partial charge on any atom is 0.338 e. The van der Waals surface area contributed by atoms with Crippen LogP contribution >= 0.6 is 61.5 Å². The smallest absolute Gasteiger partial charge is 0.338 e. The lowest BCUT2D eigenvalue weighted by Crippen LogP contribution is -2.40. The molecule has 0 unspecified atom stereocenters. The molecule has 1 aliphatic heterocycles. The van der Waals surface area contributed by atoms with Crippen molar-refractivity contribution in [3.63, 3.8) is 0 Å². The Hall–Kier alpha value is -2.93. The minimum Gasteiger partial charge on any atom is -0.491 e. The molecule has 1 aromatic heterocycles. The molecule has 3 aromatic carbocycles. The van der Waals surface area contributed by atoms with Crippen molar-refractivity contribution in [2.75, 3.05) is 6.61 Å². The second-order valence-electron chi connectivity index (χ2n) is 10.2. The molecule has 11 heteroatoms. The van der Waals surface area contributed by atoms with Crippen LogP contribution in [0.4, 0.5) is 0 Å². The average molecular weight is 808 g/mol. The van der Waals surface area contributed by atoms with Crippen LogP contribution in [0.1, 0.15) is 50.4 Å². The van der Waals surface area contributed by atoms with Crippen LogP contribution in [-0.4, -0.2) is 23.2 Å². The summed E-state index contributed by atoms with van der Waals surface area (Å²) in [6.45, 7) is 7.89. The fraction of sp³-hybridized carbons (Fsp3) is 0.242. The van der Waals surface area contributed by atoms with Crippen molar-refractivity contribution in [1.29, 1.82) is 0 Å². The lowest BCUT2D eigenvalue weighted by molar-refractivity contribution is -0.139. The van der Waals surface area contributed by atoms with Crippen molar-refractivity contribution in [2.24, 2.45) is 4.99 Å². The van der Waals surface area contributed by atoms with E-state index in [2.05, 4.69) is 38.5 Å². The number of para-hydroxylation sites is 1. The maximum absolute atomic E-state index is 14.2. The van der Waals surface area contributed by atoms with Crippen molar-refractivity contribution >= 4 is 73.5 Å². The number of carbonyl (C=O) groups excluding carboxylic acids is 1. The van der Waals surface area contributed by atoms with E-state index in [9.17, 15) is 9.59 Å².